The Bertz CT molecular complexity index is 2870. The maximum atomic E-state index is 12.7. The number of hydrogen-bond acceptors (Lipinski definition) is 22. The Morgan fingerprint density at radius 3 is 1.98 bits per heavy atom. The molecule has 0 aromatic heterocycles. The van der Waals surface area contributed by atoms with Crippen LogP contribution in [0.3, 0.4) is 0 Å². The molecule has 0 amide bonds. The number of benzene rings is 5. The van der Waals surface area contributed by atoms with Gasteiger partial charge in [0.2, 0.25) is 0 Å². The van der Waals surface area contributed by atoms with Crippen molar-refractivity contribution in [1.29, 1.82) is 0 Å². The summed E-state index contributed by atoms with van der Waals surface area (Å²) in [7, 11) is -12.2. The van der Waals surface area contributed by atoms with E-state index in [-0.39, 0.29) is 49.9 Å². The number of phenolic OH excluding ortho intramolecular Hbond substituents is 1. The van der Waals surface area contributed by atoms with Crippen LogP contribution >= 0.6 is 23.8 Å². The van der Waals surface area contributed by atoms with Gasteiger partial charge in [-0.05, 0) is 108 Å². The van der Waals surface area contributed by atoms with Crippen LogP contribution in [-0.2, 0) is 48.9 Å². The number of thioether (sulfide) groups is 1. The van der Waals surface area contributed by atoms with E-state index in [9.17, 15) is 34.9 Å². The molecule has 0 aliphatic carbocycles. The maximum absolute atomic E-state index is 12.7. The molecule has 27 heteroatoms. The van der Waals surface area contributed by atoms with Gasteiger partial charge in [-0.1, -0.05) is 5.04 Å². The minimum absolute atomic E-state index is 0.00782. The van der Waals surface area contributed by atoms with Crippen molar-refractivity contribution in [2.75, 3.05) is 25.1 Å². The van der Waals surface area contributed by atoms with Gasteiger partial charge < -0.3 is 16.2 Å². The molecule has 0 aliphatic rings. The number of aromatic hydroxyl groups is 1. The Morgan fingerprint density at radius 2 is 1.38 bits per heavy atom. The average molecular weight is 921 g/mol. The molecule has 0 atom stereocenters. The second-order valence-electron chi connectivity index (χ2n) is 11.4. The van der Waals surface area contributed by atoms with E-state index >= 15 is 0 Å². The van der Waals surface area contributed by atoms with Gasteiger partial charge in [0.15, 0.2) is 21.7 Å². The van der Waals surface area contributed by atoms with Gasteiger partial charge in [0.1, 0.15) is 22.0 Å². The molecule has 0 radical (unpaired) electrons. The normalized spacial score (nSPS) is 12.4. The summed E-state index contributed by atoms with van der Waals surface area (Å²) >= 11 is 1.40. The molecule has 314 valence electrons. The predicted octanol–water partition coefficient (Wildman–Crippen LogP) is 7.80. The number of rotatable bonds is 17. The van der Waals surface area contributed by atoms with E-state index in [4.69, 9.17) is 15.5 Å². The van der Waals surface area contributed by atoms with Gasteiger partial charge in [-0.3, -0.25) is 14.0 Å². The molecule has 0 saturated carbocycles. The first kappa shape index (κ1) is 45.5. The molecule has 5 aromatic rings. The summed E-state index contributed by atoms with van der Waals surface area (Å²) in [4.78, 5) is 3.51. The number of nitrogens with two attached hydrogens (primary N) is 1. The van der Waals surface area contributed by atoms with Crippen molar-refractivity contribution >= 4 is 105 Å². The smallest absolute Gasteiger partial charge is 0.433 e. The van der Waals surface area contributed by atoms with Gasteiger partial charge in [0.05, 0.1) is 50.3 Å². The van der Waals surface area contributed by atoms with Gasteiger partial charge in [0.25, 0.3) is 10.1 Å². The molecule has 22 nitrogen and oxygen atoms in total. The Kier molecular flexibility index (Phi) is 15.2. The molecule has 0 bridgehead atoms. The van der Waals surface area contributed by atoms with Crippen molar-refractivity contribution in [1.82, 2.24) is 5.32 Å². The lowest BCUT2D eigenvalue weighted by atomic mass is 10.1. The van der Waals surface area contributed by atoms with Crippen LogP contribution in [0, 0.1) is 11.4 Å². The van der Waals surface area contributed by atoms with Crippen molar-refractivity contribution in [3.05, 3.63) is 84.9 Å². The number of hydrogen-bond donors (Lipinski definition) is 6. The number of nitrogens with one attached hydrogen (secondary N) is 1. The first-order valence-corrected chi connectivity index (χ1v) is 22.2. The first-order valence-electron chi connectivity index (χ1n) is 16.2. The highest BCUT2D eigenvalue weighted by atomic mass is 32.3. The fourth-order valence-electron chi connectivity index (χ4n) is 4.73. The molecule has 7 N–H and O–H groups in total. The second kappa shape index (κ2) is 20.1. The van der Waals surface area contributed by atoms with Gasteiger partial charge >= 0.3 is 10.4 Å². The highest BCUT2D eigenvalue weighted by Crippen LogP contribution is 2.48. The monoisotopic (exact) mass is 920 g/mol. The van der Waals surface area contributed by atoms with E-state index in [1.165, 1.54) is 18.2 Å². The number of phenols is 1. The zero-order valence-electron chi connectivity index (χ0n) is 30.2. The number of nitrogens with zero attached hydrogens (tertiary/aromatic N) is 6. The summed E-state index contributed by atoms with van der Waals surface area (Å²) < 4.78 is 97.4. The molecule has 0 heterocycles. The maximum Gasteiger partial charge on any atom is 0.433 e. The van der Waals surface area contributed by atoms with Crippen LogP contribution in [0.4, 0.5) is 39.8 Å². The van der Waals surface area contributed by atoms with Gasteiger partial charge in [-0.2, -0.15) is 32.2 Å². The third kappa shape index (κ3) is 12.5. The Balaban J connectivity index is 1.38. The van der Waals surface area contributed by atoms with Crippen LogP contribution in [0.25, 0.3) is 10.8 Å². The van der Waals surface area contributed by atoms with Crippen LogP contribution < -0.4 is 11.1 Å². The fourth-order valence-corrected chi connectivity index (χ4v) is 7.80. The fraction of sp³-hybridized carbons (Fsp3) is 0.0909. The van der Waals surface area contributed by atoms with Crippen molar-refractivity contribution in [2.24, 2.45) is 30.7 Å². The number of azo groups is 3. The lowest BCUT2D eigenvalue weighted by molar-refractivity contribution is -0.432. The molecule has 5 aromatic carbocycles. The lowest BCUT2D eigenvalue weighted by Gasteiger charge is -2.12. The van der Waals surface area contributed by atoms with E-state index in [0.29, 0.717) is 34.0 Å². The number of nitrogen functional groups attached to an aromatic ring is 1. The molecule has 5 rings (SSSR count). The first-order chi connectivity index (χ1) is 28.5. The molecule has 0 spiro atoms. The molecular weight excluding hydrogens is 893 g/mol. The van der Waals surface area contributed by atoms with E-state index in [0.717, 1.165) is 30.0 Å². The SMILES string of the molecule is CNCCS(=O)(=O)c1ccc(N=Nc2c(N)ccc3c(O)c(N=Nc4ccc(N=Nc5ccc(SC#COOS(=O)(=O)O)cc5)cc4)c(SOOO)cc23)c(S(=O)(=O)O)c1. The molecule has 60 heavy (non-hydrogen) atoms. The van der Waals surface area contributed by atoms with Crippen molar-refractivity contribution in [3.63, 3.8) is 0 Å². The van der Waals surface area contributed by atoms with Crippen LogP contribution in [0.2, 0.25) is 0 Å². The Hall–Kier alpha value is -5.61. The summed E-state index contributed by atoms with van der Waals surface area (Å²) in [6.45, 7) is 0.0839. The summed E-state index contributed by atoms with van der Waals surface area (Å²) in [6, 6.07) is 20.1. The van der Waals surface area contributed by atoms with Gasteiger partial charge in [0, 0.05) is 27.5 Å². The van der Waals surface area contributed by atoms with Gasteiger partial charge in [-0.25, -0.2) is 13.7 Å². The van der Waals surface area contributed by atoms with Gasteiger partial charge in [-0.15, -0.1) is 19.7 Å². The summed E-state index contributed by atoms with van der Waals surface area (Å²) in [6.07, 6.45) is 1.94. The standard InChI is InChI=1S/C33H28N8O14S5/c1-35-14-17-58(44,45)24-10-13-28(30(18-24)59(46,47)48)39-40-31-26-19-29(57-54-53-43)32(33(42)25(26)11-12-27(31)34)41-38-21-4-2-20(3-5-21)36-37-22-6-8-23(9-7-22)56-16-15-52-55-60(49,50)51/h2-13,18-19,35,42-43H,14,17,34H2,1H3,(H,46,47,48)(H,49,50,51). The minimum Gasteiger partial charge on any atom is -0.505 e. The zero-order valence-corrected chi connectivity index (χ0v) is 34.3. The highest BCUT2D eigenvalue weighted by Gasteiger charge is 2.23. The summed E-state index contributed by atoms with van der Waals surface area (Å²) in [5.41, 5.74) is 6.81. The van der Waals surface area contributed by atoms with E-state index < -0.39 is 46.7 Å². The third-order valence-electron chi connectivity index (χ3n) is 7.44. The predicted molar refractivity (Wildman–Crippen MR) is 216 cm³/mol. The zero-order chi connectivity index (χ0) is 43.5. The molecule has 0 unspecified atom stereocenters. The van der Waals surface area contributed by atoms with Crippen LogP contribution in [0.1, 0.15) is 0 Å². The highest BCUT2D eigenvalue weighted by molar-refractivity contribution is 8.04. The summed E-state index contributed by atoms with van der Waals surface area (Å²) in [5.74, 6) is -0.800. The summed E-state index contributed by atoms with van der Waals surface area (Å²) in [5, 5.41) is 54.0. The van der Waals surface area contributed by atoms with Crippen LogP contribution in [-0.4, -0.2) is 64.1 Å². The topological polar surface area (TPSA) is 332 Å². The largest absolute Gasteiger partial charge is 0.505 e. The Labute approximate surface area is 349 Å². The van der Waals surface area contributed by atoms with E-state index in [2.05, 4.69) is 59.8 Å². The molecule has 0 aliphatic heterocycles. The van der Waals surface area contributed by atoms with Crippen LogP contribution in [0.15, 0.2) is 135 Å². The van der Waals surface area contributed by atoms with Crippen molar-refractivity contribution < 1.29 is 63.3 Å². The molecule has 0 fully saturated rings. The van der Waals surface area contributed by atoms with E-state index in [1.807, 2.05) is 6.11 Å². The number of anilines is 1. The molecular formula is C33H28N8O14S5. The Morgan fingerprint density at radius 1 is 0.767 bits per heavy atom. The van der Waals surface area contributed by atoms with Crippen molar-refractivity contribution in [3.8, 4) is 17.1 Å². The second-order valence-corrected chi connectivity index (χ2v) is 17.5. The average Bonchev–Trinajstić information content (AvgIpc) is 3.20. The number of sulfone groups is 1. The lowest BCUT2D eigenvalue weighted by Crippen LogP contribution is -2.19. The quantitative estimate of drug-likeness (QED) is 0.00756. The van der Waals surface area contributed by atoms with E-state index in [1.54, 1.807) is 55.6 Å². The third-order valence-corrected chi connectivity index (χ3v) is 11.6. The van der Waals surface area contributed by atoms with Crippen molar-refractivity contribution in [2.45, 2.75) is 19.6 Å². The minimum atomic E-state index is -5.00. The number of fused-ring (bicyclic) bond motifs is 1. The molecule has 0 saturated heterocycles. The van der Waals surface area contributed by atoms with Crippen LogP contribution in [0.5, 0.6) is 5.75 Å².